The molecule has 0 atom stereocenters. The lowest BCUT2D eigenvalue weighted by molar-refractivity contribution is -0.384. The van der Waals surface area contributed by atoms with E-state index in [-0.39, 0.29) is 30.1 Å². The number of pyridine rings is 1. The minimum absolute atomic E-state index is 0.0115. The lowest BCUT2D eigenvalue weighted by Crippen LogP contribution is -2.28. The monoisotopic (exact) mass is 344 g/mol. The third-order valence-electron chi connectivity index (χ3n) is 3.22. The summed E-state index contributed by atoms with van der Waals surface area (Å²) in [6, 6.07) is 6.80. The molecule has 2 amide bonds. The second kappa shape index (κ2) is 8.50. The van der Waals surface area contributed by atoms with Gasteiger partial charge in [-0.2, -0.15) is 0 Å². The van der Waals surface area contributed by atoms with Gasteiger partial charge in [-0.1, -0.05) is 0 Å². The summed E-state index contributed by atoms with van der Waals surface area (Å²) in [7, 11) is 1.49. The van der Waals surface area contributed by atoms with Crippen molar-refractivity contribution >= 4 is 23.2 Å². The Morgan fingerprint density at radius 3 is 2.72 bits per heavy atom. The molecule has 1 aromatic heterocycles. The molecule has 9 nitrogen and oxygen atoms in total. The number of nitrogens with zero attached hydrogens (tertiary/aromatic N) is 2. The van der Waals surface area contributed by atoms with Gasteiger partial charge in [0.05, 0.1) is 28.3 Å². The Kier molecular flexibility index (Phi) is 6.13. The summed E-state index contributed by atoms with van der Waals surface area (Å²) in [4.78, 5) is 38.7. The fraction of sp³-hybridized carbons (Fsp3) is 0.188. The van der Waals surface area contributed by atoms with Gasteiger partial charge in [-0.3, -0.25) is 24.7 Å². The Balaban J connectivity index is 2.28. The Bertz CT molecular complexity index is 779. The van der Waals surface area contributed by atoms with Crippen LogP contribution in [0.15, 0.2) is 42.7 Å². The van der Waals surface area contributed by atoms with Gasteiger partial charge in [0, 0.05) is 38.2 Å². The number of anilines is 1. The normalized spacial score (nSPS) is 10.1. The summed E-state index contributed by atoms with van der Waals surface area (Å²) < 4.78 is 4.84. The highest BCUT2D eigenvalue weighted by Gasteiger charge is 2.18. The number of carbonyl (C=O) groups excluding carboxylic acids is 2. The highest BCUT2D eigenvalue weighted by atomic mass is 16.6. The molecule has 0 saturated heterocycles. The summed E-state index contributed by atoms with van der Waals surface area (Å²) in [5, 5.41) is 16.1. The van der Waals surface area contributed by atoms with E-state index in [1.807, 2.05) is 0 Å². The Labute approximate surface area is 143 Å². The van der Waals surface area contributed by atoms with Crippen molar-refractivity contribution in [3.63, 3.8) is 0 Å². The number of hydrogen-bond donors (Lipinski definition) is 2. The molecule has 1 aromatic carbocycles. The number of aromatic nitrogens is 1. The number of carbonyl (C=O) groups is 2. The SMILES string of the molecule is COCCNC(=O)c1cc([N+](=O)[O-])ccc1NC(=O)c1cccnc1. The molecule has 2 aromatic rings. The molecule has 0 radical (unpaired) electrons. The van der Waals surface area contributed by atoms with Crippen LogP contribution >= 0.6 is 0 Å². The van der Waals surface area contributed by atoms with E-state index in [4.69, 9.17) is 4.74 Å². The van der Waals surface area contributed by atoms with Crippen molar-refractivity contribution in [2.45, 2.75) is 0 Å². The van der Waals surface area contributed by atoms with Gasteiger partial charge in [-0.05, 0) is 18.2 Å². The van der Waals surface area contributed by atoms with Gasteiger partial charge >= 0.3 is 0 Å². The summed E-state index contributed by atoms with van der Waals surface area (Å²) >= 11 is 0. The lowest BCUT2D eigenvalue weighted by Gasteiger charge is -2.11. The zero-order valence-electron chi connectivity index (χ0n) is 13.4. The summed E-state index contributed by atoms with van der Waals surface area (Å²) in [6.45, 7) is 0.520. The molecule has 0 aliphatic heterocycles. The zero-order chi connectivity index (χ0) is 18.2. The van der Waals surface area contributed by atoms with Gasteiger partial charge in [0.25, 0.3) is 17.5 Å². The van der Waals surface area contributed by atoms with Crippen LogP contribution in [-0.2, 0) is 4.74 Å². The van der Waals surface area contributed by atoms with Crippen LogP contribution in [-0.4, -0.2) is 42.0 Å². The van der Waals surface area contributed by atoms with Crippen molar-refractivity contribution in [2.75, 3.05) is 25.6 Å². The van der Waals surface area contributed by atoms with Crippen LogP contribution in [0.1, 0.15) is 20.7 Å². The van der Waals surface area contributed by atoms with Crippen molar-refractivity contribution < 1.29 is 19.2 Å². The van der Waals surface area contributed by atoms with E-state index in [1.165, 1.54) is 31.6 Å². The average molecular weight is 344 g/mol. The van der Waals surface area contributed by atoms with Crippen molar-refractivity contribution in [3.8, 4) is 0 Å². The molecule has 0 spiro atoms. The minimum atomic E-state index is -0.612. The number of amides is 2. The molecule has 1 heterocycles. The van der Waals surface area contributed by atoms with Crippen LogP contribution in [0.3, 0.4) is 0 Å². The Hall–Kier alpha value is -3.33. The molecule has 0 aliphatic rings. The number of benzene rings is 1. The molecule has 9 heteroatoms. The van der Waals surface area contributed by atoms with Crippen molar-refractivity contribution in [1.29, 1.82) is 0 Å². The van der Waals surface area contributed by atoms with E-state index in [0.29, 0.717) is 5.56 Å². The standard InChI is InChI=1S/C16H16N4O5/c1-25-8-7-18-16(22)13-9-12(20(23)24)4-5-14(13)19-15(21)11-3-2-6-17-10-11/h2-6,9-10H,7-8H2,1H3,(H,18,22)(H,19,21). The van der Waals surface area contributed by atoms with Gasteiger partial charge in [0.2, 0.25) is 0 Å². The molecule has 25 heavy (non-hydrogen) atoms. The van der Waals surface area contributed by atoms with E-state index in [1.54, 1.807) is 12.1 Å². The maximum absolute atomic E-state index is 12.3. The number of non-ortho nitro benzene ring substituents is 1. The number of methoxy groups -OCH3 is 1. The maximum Gasteiger partial charge on any atom is 0.270 e. The number of nitro groups is 1. The second-order valence-corrected chi connectivity index (χ2v) is 4.93. The third kappa shape index (κ3) is 4.82. The lowest BCUT2D eigenvalue weighted by atomic mass is 10.1. The second-order valence-electron chi connectivity index (χ2n) is 4.93. The molecule has 130 valence electrons. The zero-order valence-corrected chi connectivity index (χ0v) is 13.4. The highest BCUT2D eigenvalue weighted by molar-refractivity contribution is 6.09. The Morgan fingerprint density at radius 2 is 2.08 bits per heavy atom. The van der Waals surface area contributed by atoms with Gasteiger partial charge in [0.1, 0.15) is 0 Å². The molecule has 0 bridgehead atoms. The van der Waals surface area contributed by atoms with E-state index < -0.39 is 16.7 Å². The quantitative estimate of drug-likeness (QED) is 0.447. The van der Waals surface area contributed by atoms with Gasteiger partial charge in [-0.15, -0.1) is 0 Å². The summed E-state index contributed by atoms with van der Waals surface area (Å²) in [6.07, 6.45) is 2.90. The van der Waals surface area contributed by atoms with Crippen molar-refractivity contribution in [1.82, 2.24) is 10.3 Å². The van der Waals surface area contributed by atoms with E-state index >= 15 is 0 Å². The fourth-order valence-corrected chi connectivity index (χ4v) is 2.00. The van der Waals surface area contributed by atoms with Crippen LogP contribution in [0.5, 0.6) is 0 Å². The molecule has 2 rings (SSSR count). The third-order valence-corrected chi connectivity index (χ3v) is 3.22. The number of ether oxygens (including phenoxy) is 1. The molecule has 2 N–H and O–H groups in total. The van der Waals surface area contributed by atoms with Crippen LogP contribution in [0, 0.1) is 10.1 Å². The van der Waals surface area contributed by atoms with Gasteiger partial charge in [-0.25, -0.2) is 0 Å². The number of nitrogens with one attached hydrogen (secondary N) is 2. The first kappa shape index (κ1) is 18.0. The Morgan fingerprint density at radius 1 is 1.28 bits per heavy atom. The van der Waals surface area contributed by atoms with E-state index in [0.717, 1.165) is 6.07 Å². The van der Waals surface area contributed by atoms with Gasteiger partial charge in [0.15, 0.2) is 0 Å². The molecule has 0 aliphatic carbocycles. The first-order chi connectivity index (χ1) is 12.0. The topological polar surface area (TPSA) is 123 Å². The van der Waals surface area contributed by atoms with Crippen LogP contribution in [0.25, 0.3) is 0 Å². The highest BCUT2D eigenvalue weighted by Crippen LogP contribution is 2.23. The van der Waals surface area contributed by atoms with E-state index in [9.17, 15) is 19.7 Å². The van der Waals surface area contributed by atoms with Crippen molar-refractivity contribution in [3.05, 3.63) is 64.0 Å². The number of hydrogen-bond acceptors (Lipinski definition) is 6. The largest absolute Gasteiger partial charge is 0.383 e. The summed E-state index contributed by atoms with van der Waals surface area (Å²) in [5.74, 6) is -1.03. The molecule has 0 fully saturated rings. The maximum atomic E-state index is 12.3. The predicted molar refractivity (Wildman–Crippen MR) is 89.5 cm³/mol. The molecular weight excluding hydrogens is 328 g/mol. The first-order valence-corrected chi connectivity index (χ1v) is 7.30. The van der Waals surface area contributed by atoms with Gasteiger partial charge < -0.3 is 15.4 Å². The molecule has 0 saturated carbocycles. The van der Waals surface area contributed by atoms with E-state index in [2.05, 4.69) is 15.6 Å². The number of nitro benzene ring substituents is 1. The smallest absolute Gasteiger partial charge is 0.270 e. The van der Waals surface area contributed by atoms with Crippen molar-refractivity contribution in [2.24, 2.45) is 0 Å². The molecule has 0 unspecified atom stereocenters. The predicted octanol–water partition coefficient (Wildman–Crippen LogP) is 1.62. The molecular formula is C16H16N4O5. The summed E-state index contributed by atoms with van der Waals surface area (Å²) in [5.41, 5.74) is 0.194. The van der Waals surface area contributed by atoms with Crippen LogP contribution in [0.2, 0.25) is 0 Å². The van der Waals surface area contributed by atoms with Crippen LogP contribution < -0.4 is 10.6 Å². The number of rotatable bonds is 7. The van der Waals surface area contributed by atoms with Crippen LogP contribution in [0.4, 0.5) is 11.4 Å². The minimum Gasteiger partial charge on any atom is -0.383 e. The fourth-order valence-electron chi connectivity index (χ4n) is 2.00. The average Bonchev–Trinajstić information content (AvgIpc) is 2.62. The first-order valence-electron chi connectivity index (χ1n) is 7.30.